The van der Waals surface area contributed by atoms with Gasteiger partial charge >= 0.3 is 0 Å². The summed E-state index contributed by atoms with van der Waals surface area (Å²) < 4.78 is 55.8. The molecule has 0 N–H and O–H groups in total. The Balaban J connectivity index is 2.82. The Labute approximate surface area is 124 Å². The number of ketones is 1. The summed E-state index contributed by atoms with van der Waals surface area (Å²) in [5, 5.41) is 0. The fraction of sp³-hybridized carbons (Fsp3) is 0. The number of carbonyl (C=O) groups is 1. The summed E-state index contributed by atoms with van der Waals surface area (Å²) in [6.45, 7) is 3.22. The van der Waals surface area contributed by atoms with Gasteiger partial charge in [0.25, 0.3) is 0 Å². The highest BCUT2D eigenvalue weighted by Gasteiger charge is 2.21. The molecule has 0 saturated heterocycles. The lowest BCUT2D eigenvalue weighted by Gasteiger charge is -2.12. The van der Waals surface area contributed by atoms with Crippen LogP contribution in [0.15, 0.2) is 55.1 Å². The van der Waals surface area contributed by atoms with Gasteiger partial charge in [-0.1, -0.05) is 18.7 Å². The van der Waals surface area contributed by atoms with Gasteiger partial charge in [-0.25, -0.2) is 17.6 Å². The van der Waals surface area contributed by atoms with Crippen molar-refractivity contribution in [2.75, 3.05) is 0 Å². The Morgan fingerprint density at radius 3 is 1.50 bits per heavy atom. The third kappa shape index (κ3) is 2.98. The van der Waals surface area contributed by atoms with E-state index in [4.69, 9.17) is 0 Å². The maximum atomic E-state index is 13.9. The molecule has 112 valence electrons. The summed E-state index contributed by atoms with van der Waals surface area (Å²) in [6, 6.07) is 5.96. The van der Waals surface area contributed by atoms with Crippen molar-refractivity contribution >= 4 is 11.4 Å². The molecule has 0 bridgehead atoms. The first-order chi connectivity index (χ1) is 10.5. The minimum atomic E-state index is -1.04. The lowest BCUT2D eigenvalue weighted by atomic mass is 9.94. The van der Waals surface area contributed by atoms with Crippen LogP contribution < -0.4 is 0 Å². The zero-order valence-corrected chi connectivity index (χ0v) is 11.2. The summed E-state index contributed by atoms with van der Waals surface area (Å²) in [7, 11) is 0. The molecule has 5 heteroatoms. The van der Waals surface area contributed by atoms with Crippen LogP contribution in [0.4, 0.5) is 17.6 Å². The van der Waals surface area contributed by atoms with E-state index in [9.17, 15) is 22.4 Å². The van der Waals surface area contributed by atoms with Crippen molar-refractivity contribution in [3.63, 3.8) is 0 Å². The van der Waals surface area contributed by atoms with Crippen LogP contribution in [-0.2, 0) is 4.79 Å². The van der Waals surface area contributed by atoms with Crippen molar-refractivity contribution in [3.05, 3.63) is 89.5 Å². The lowest BCUT2D eigenvalue weighted by Crippen LogP contribution is -2.03. The molecule has 0 aliphatic heterocycles. The zero-order chi connectivity index (χ0) is 16.3. The molecule has 2 rings (SSSR count). The second-order valence-electron chi connectivity index (χ2n) is 4.36. The minimum absolute atomic E-state index is 0.517. The third-order valence-corrected chi connectivity index (χ3v) is 2.95. The van der Waals surface area contributed by atoms with Gasteiger partial charge in [0, 0.05) is 5.57 Å². The van der Waals surface area contributed by atoms with Gasteiger partial charge in [0.05, 0.1) is 11.1 Å². The van der Waals surface area contributed by atoms with Crippen molar-refractivity contribution in [3.8, 4) is 0 Å². The molecule has 0 unspecified atom stereocenters. The molecule has 0 aliphatic carbocycles. The van der Waals surface area contributed by atoms with Gasteiger partial charge in [0.1, 0.15) is 23.3 Å². The molecule has 0 aromatic heterocycles. The monoisotopic (exact) mass is 306 g/mol. The molecule has 0 amide bonds. The average Bonchev–Trinajstić information content (AvgIpc) is 2.46. The largest absolute Gasteiger partial charge is 0.290 e. The van der Waals surface area contributed by atoms with E-state index in [2.05, 4.69) is 6.58 Å². The molecule has 2 aromatic carbocycles. The standard InChI is InChI=1S/C17H10F4O/c1-2-10(22)9-11(16-12(18)5-3-6-13(16)19)17-14(20)7-4-8-15(17)21/h2-9H,1H2. The number of rotatable bonds is 4. The Kier molecular flexibility index (Phi) is 4.56. The predicted molar refractivity (Wildman–Crippen MR) is 75.0 cm³/mol. The van der Waals surface area contributed by atoms with E-state index in [-0.39, 0.29) is 0 Å². The molecule has 0 saturated carbocycles. The molecule has 0 spiro atoms. The number of halogens is 4. The average molecular weight is 306 g/mol. The Morgan fingerprint density at radius 2 is 1.18 bits per heavy atom. The third-order valence-electron chi connectivity index (χ3n) is 2.95. The highest BCUT2D eigenvalue weighted by Crippen LogP contribution is 2.31. The second kappa shape index (κ2) is 6.39. The lowest BCUT2D eigenvalue weighted by molar-refractivity contribution is -0.110. The maximum Gasteiger partial charge on any atom is 0.178 e. The van der Waals surface area contributed by atoms with Crippen molar-refractivity contribution in [1.82, 2.24) is 0 Å². The molecule has 0 aliphatic rings. The molecular weight excluding hydrogens is 296 g/mol. The van der Waals surface area contributed by atoms with Crippen LogP contribution in [0.5, 0.6) is 0 Å². The van der Waals surface area contributed by atoms with Gasteiger partial charge < -0.3 is 0 Å². The SMILES string of the molecule is C=CC(=O)C=C(c1c(F)cccc1F)c1c(F)cccc1F. The molecular formula is C17H10F4O. The highest BCUT2D eigenvalue weighted by molar-refractivity contribution is 6.06. The van der Waals surface area contributed by atoms with Crippen LogP contribution in [0.3, 0.4) is 0 Å². The van der Waals surface area contributed by atoms with Gasteiger partial charge in [-0.15, -0.1) is 0 Å². The van der Waals surface area contributed by atoms with E-state index >= 15 is 0 Å². The maximum absolute atomic E-state index is 13.9. The summed E-state index contributed by atoms with van der Waals surface area (Å²) >= 11 is 0. The topological polar surface area (TPSA) is 17.1 Å². The van der Waals surface area contributed by atoms with E-state index in [1.165, 1.54) is 0 Å². The van der Waals surface area contributed by atoms with Crippen molar-refractivity contribution < 1.29 is 22.4 Å². The van der Waals surface area contributed by atoms with Crippen LogP contribution in [0.2, 0.25) is 0 Å². The smallest absolute Gasteiger partial charge is 0.178 e. The van der Waals surface area contributed by atoms with E-state index in [0.717, 1.165) is 48.6 Å². The normalized spacial score (nSPS) is 10.2. The van der Waals surface area contributed by atoms with Crippen molar-refractivity contribution in [2.24, 2.45) is 0 Å². The summed E-state index contributed by atoms with van der Waals surface area (Å²) in [5.41, 5.74) is -1.88. The quantitative estimate of drug-likeness (QED) is 0.603. The number of allylic oxidation sites excluding steroid dienone is 2. The van der Waals surface area contributed by atoms with Crippen LogP contribution in [0.1, 0.15) is 11.1 Å². The summed E-state index contributed by atoms with van der Waals surface area (Å²) in [4.78, 5) is 11.5. The molecule has 0 fully saturated rings. The molecule has 2 aromatic rings. The fourth-order valence-corrected chi connectivity index (χ4v) is 1.98. The van der Waals surface area contributed by atoms with Crippen LogP contribution in [0.25, 0.3) is 5.57 Å². The summed E-state index contributed by atoms with van der Waals surface area (Å²) in [5.74, 6) is -4.88. The van der Waals surface area contributed by atoms with E-state index < -0.39 is 45.8 Å². The van der Waals surface area contributed by atoms with Gasteiger partial charge in [-0.05, 0) is 36.4 Å². The first kappa shape index (κ1) is 15.7. The highest BCUT2D eigenvalue weighted by atomic mass is 19.1. The summed E-state index contributed by atoms with van der Waals surface area (Å²) in [6.07, 6.45) is 1.62. The van der Waals surface area contributed by atoms with E-state index in [1.54, 1.807) is 0 Å². The second-order valence-corrected chi connectivity index (χ2v) is 4.36. The van der Waals surface area contributed by atoms with Crippen LogP contribution in [-0.4, -0.2) is 5.78 Å². The number of hydrogen-bond acceptors (Lipinski definition) is 1. The molecule has 22 heavy (non-hydrogen) atoms. The van der Waals surface area contributed by atoms with E-state index in [0.29, 0.717) is 0 Å². The molecule has 0 heterocycles. The molecule has 0 atom stereocenters. The first-order valence-corrected chi connectivity index (χ1v) is 6.22. The predicted octanol–water partition coefficient (Wildman–Crippen LogP) is 4.43. The Hall–Kier alpha value is -2.69. The van der Waals surface area contributed by atoms with Crippen molar-refractivity contribution in [2.45, 2.75) is 0 Å². The Bertz CT molecular complexity index is 684. The van der Waals surface area contributed by atoms with E-state index in [1.807, 2.05) is 0 Å². The Morgan fingerprint density at radius 1 is 0.818 bits per heavy atom. The first-order valence-electron chi connectivity index (χ1n) is 6.22. The van der Waals surface area contributed by atoms with Crippen LogP contribution >= 0.6 is 0 Å². The number of carbonyl (C=O) groups excluding carboxylic acids is 1. The van der Waals surface area contributed by atoms with Gasteiger partial charge in [-0.3, -0.25) is 4.79 Å². The van der Waals surface area contributed by atoms with Crippen molar-refractivity contribution in [1.29, 1.82) is 0 Å². The van der Waals surface area contributed by atoms with Gasteiger partial charge in [0.15, 0.2) is 5.78 Å². The number of hydrogen-bond donors (Lipinski definition) is 0. The molecule has 0 radical (unpaired) electrons. The minimum Gasteiger partial charge on any atom is -0.290 e. The van der Waals surface area contributed by atoms with Gasteiger partial charge in [-0.2, -0.15) is 0 Å². The number of benzene rings is 2. The molecule has 1 nitrogen and oxygen atoms in total. The zero-order valence-electron chi connectivity index (χ0n) is 11.2. The fourth-order valence-electron chi connectivity index (χ4n) is 1.98. The van der Waals surface area contributed by atoms with Gasteiger partial charge in [0.2, 0.25) is 0 Å². The van der Waals surface area contributed by atoms with Crippen LogP contribution in [0, 0.1) is 23.3 Å².